The van der Waals surface area contributed by atoms with Crippen LogP contribution in [0.15, 0.2) is 41.7 Å². The smallest absolute Gasteiger partial charge is 0.193 e. The van der Waals surface area contributed by atoms with Gasteiger partial charge in [0, 0.05) is 37.1 Å². The molecular formula is C24H40IN7. The van der Waals surface area contributed by atoms with Crippen molar-refractivity contribution >= 4 is 29.9 Å². The lowest BCUT2D eigenvalue weighted by atomic mass is 9.90. The SMILES string of the molecule is CCNC(=NCC(CC)(CC)NC(C)c1ccccc1)N1CCC(c2ncn[nH]2)CC1.I. The highest BCUT2D eigenvalue weighted by Crippen LogP contribution is 2.26. The highest BCUT2D eigenvalue weighted by molar-refractivity contribution is 14.0. The molecule has 8 heteroatoms. The second-order valence-corrected chi connectivity index (χ2v) is 8.57. The van der Waals surface area contributed by atoms with Crippen molar-refractivity contribution in [3.8, 4) is 0 Å². The van der Waals surface area contributed by atoms with Crippen molar-refractivity contribution in [2.75, 3.05) is 26.2 Å². The van der Waals surface area contributed by atoms with Gasteiger partial charge in [-0.05, 0) is 45.1 Å². The molecule has 2 aromatic rings. The molecule has 1 unspecified atom stereocenters. The Labute approximate surface area is 210 Å². The van der Waals surface area contributed by atoms with E-state index in [9.17, 15) is 0 Å². The van der Waals surface area contributed by atoms with Gasteiger partial charge in [-0.1, -0.05) is 44.2 Å². The number of aromatic nitrogens is 3. The zero-order valence-electron chi connectivity index (χ0n) is 20.0. The lowest BCUT2D eigenvalue weighted by Crippen LogP contribution is -2.50. The number of guanidine groups is 1. The molecule has 1 atom stereocenters. The molecule has 178 valence electrons. The van der Waals surface area contributed by atoms with Crippen LogP contribution in [0.2, 0.25) is 0 Å². The number of rotatable bonds is 9. The van der Waals surface area contributed by atoms with Crippen LogP contribution in [0.1, 0.15) is 76.7 Å². The number of nitrogens with zero attached hydrogens (tertiary/aromatic N) is 4. The van der Waals surface area contributed by atoms with E-state index in [1.165, 1.54) is 5.56 Å². The van der Waals surface area contributed by atoms with E-state index in [4.69, 9.17) is 4.99 Å². The first-order valence-corrected chi connectivity index (χ1v) is 11.8. The first-order chi connectivity index (χ1) is 15.1. The van der Waals surface area contributed by atoms with Crippen LogP contribution >= 0.6 is 24.0 Å². The summed E-state index contributed by atoms with van der Waals surface area (Å²) < 4.78 is 0. The van der Waals surface area contributed by atoms with Gasteiger partial charge in [-0.3, -0.25) is 10.1 Å². The van der Waals surface area contributed by atoms with Crippen LogP contribution < -0.4 is 10.6 Å². The van der Waals surface area contributed by atoms with Gasteiger partial charge in [-0.15, -0.1) is 24.0 Å². The Balaban J connectivity index is 0.00000363. The van der Waals surface area contributed by atoms with Crippen LogP contribution in [0.5, 0.6) is 0 Å². The van der Waals surface area contributed by atoms with E-state index in [0.29, 0.717) is 5.92 Å². The molecular weight excluding hydrogens is 513 g/mol. The minimum atomic E-state index is -0.0198. The van der Waals surface area contributed by atoms with Gasteiger partial charge in [0.05, 0.1) is 6.54 Å². The van der Waals surface area contributed by atoms with E-state index in [1.54, 1.807) is 6.33 Å². The highest BCUT2D eigenvalue weighted by atomic mass is 127. The van der Waals surface area contributed by atoms with Crippen LogP contribution in [0.3, 0.4) is 0 Å². The third-order valence-corrected chi connectivity index (χ3v) is 6.66. The van der Waals surface area contributed by atoms with Gasteiger partial charge in [0.1, 0.15) is 12.2 Å². The Morgan fingerprint density at radius 2 is 1.88 bits per heavy atom. The summed E-state index contributed by atoms with van der Waals surface area (Å²) in [7, 11) is 0. The molecule has 0 saturated carbocycles. The van der Waals surface area contributed by atoms with Gasteiger partial charge in [0.2, 0.25) is 0 Å². The maximum atomic E-state index is 5.12. The summed E-state index contributed by atoms with van der Waals surface area (Å²) >= 11 is 0. The summed E-state index contributed by atoms with van der Waals surface area (Å²) in [5.74, 6) is 2.50. The number of piperidine rings is 1. The van der Waals surface area contributed by atoms with E-state index in [-0.39, 0.29) is 35.6 Å². The number of halogens is 1. The van der Waals surface area contributed by atoms with Gasteiger partial charge in [-0.2, -0.15) is 5.10 Å². The number of nitrogens with one attached hydrogen (secondary N) is 3. The molecule has 0 radical (unpaired) electrons. The number of benzene rings is 1. The average Bonchev–Trinajstić information content (AvgIpc) is 3.36. The molecule has 7 nitrogen and oxygen atoms in total. The fraction of sp³-hybridized carbons (Fsp3) is 0.625. The van der Waals surface area contributed by atoms with Crippen LogP contribution in [-0.2, 0) is 0 Å². The topological polar surface area (TPSA) is 81.2 Å². The van der Waals surface area contributed by atoms with Crippen molar-refractivity contribution in [2.45, 2.75) is 70.9 Å². The van der Waals surface area contributed by atoms with Gasteiger partial charge < -0.3 is 15.5 Å². The van der Waals surface area contributed by atoms with Gasteiger partial charge in [0.25, 0.3) is 0 Å². The Morgan fingerprint density at radius 3 is 2.44 bits per heavy atom. The largest absolute Gasteiger partial charge is 0.357 e. The van der Waals surface area contributed by atoms with Crippen molar-refractivity contribution in [3.63, 3.8) is 0 Å². The first kappa shape index (κ1) is 26.6. The Bertz CT molecular complexity index is 782. The van der Waals surface area contributed by atoms with Crippen LogP contribution in [0.4, 0.5) is 0 Å². The van der Waals surface area contributed by atoms with Crippen LogP contribution in [0.25, 0.3) is 0 Å². The van der Waals surface area contributed by atoms with Crippen molar-refractivity contribution in [1.82, 2.24) is 30.7 Å². The molecule has 3 rings (SSSR count). The zero-order chi connectivity index (χ0) is 22.1. The van der Waals surface area contributed by atoms with Crippen molar-refractivity contribution in [2.24, 2.45) is 4.99 Å². The molecule has 1 aliphatic heterocycles. The molecule has 3 N–H and O–H groups in total. The summed E-state index contributed by atoms with van der Waals surface area (Å²) in [5.41, 5.74) is 1.30. The predicted molar refractivity (Wildman–Crippen MR) is 143 cm³/mol. The van der Waals surface area contributed by atoms with E-state index in [1.807, 2.05) is 0 Å². The van der Waals surface area contributed by atoms with Gasteiger partial charge >= 0.3 is 0 Å². The van der Waals surface area contributed by atoms with Crippen molar-refractivity contribution < 1.29 is 0 Å². The molecule has 0 aliphatic carbocycles. The Morgan fingerprint density at radius 1 is 1.19 bits per heavy atom. The molecule has 1 saturated heterocycles. The number of H-pyrrole nitrogens is 1. The Hall–Kier alpha value is -1.68. The zero-order valence-corrected chi connectivity index (χ0v) is 22.3. The lowest BCUT2D eigenvalue weighted by Gasteiger charge is -2.37. The molecule has 32 heavy (non-hydrogen) atoms. The summed E-state index contributed by atoms with van der Waals surface area (Å²) in [6.45, 7) is 12.5. The summed E-state index contributed by atoms with van der Waals surface area (Å²) in [6.07, 6.45) is 5.81. The highest BCUT2D eigenvalue weighted by Gasteiger charge is 2.29. The number of likely N-dealkylation sites (tertiary alicyclic amines) is 1. The summed E-state index contributed by atoms with van der Waals surface area (Å²) in [5, 5.41) is 14.5. The fourth-order valence-corrected chi connectivity index (χ4v) is 4.44. The molecule has 2 heterocycles. The lowest BCUT2D eigenvalue weighted by molar-refractivity contribution is 0.273. The van der Waals surface area contributed by atoms with Crippen LogP contribution in [-0.4, -0.2) is 57.8 Å². The Kier molecular flexibility index (Phi) is 10.9. The maximum Gasteiger partial charge on any atom is 0.193 e. The normalized spacial score (nSPS) is 16.5. The minimum Gasteiger partial charge on any atom is -0.357 e. The molecule has 0 amide bonds. The summed E-state index contributed by atoms with van der Waals surface area (Å²) in [4.78, 5) is 11.9. The quantitative estimate of drug-likeness (QED) is 0.243. The number of hydrogen-bond donors (Lipinski definition) is 3. The van der Waals surface area contributed by atoms with E-state index < -0.39 is 0 Å². The fourth-order valence-electron chi connectivity index (χ4n) is 4.44. The molecule has 1 aromatic carbocycles. The minimum absolute atomic E-state index is 0. The maximum absolute atomic E-state index is 5.12. The van der Waals surface area contributed by atoms with E-state index in [0.717, 1.165) is 63.6 Å². The number of aliphatic imine (C=N–C) groups is 1. The third kappa shape index (κ3) is 6.91. The van der Waals surface area contributed by atoms with Crippen molar-refractivity contribution in [3.05, 3.63) is 48.0 Å². The van der Waals surface area contributed by atoms with E-state index >= 15 is 0 Å². The van der Waals surface area contributed by atoms with Crippen LogP contribution in [0, 0.1) is 0 Å². The summed E-state index contributed by atoms with van der Waals surface area (Å²) in [6, 6.07) is 11.0. The second kappa shape index (κ2) is 13.1. The van der Waals surface area contributed by atoms with Crippen molar-refractivity contribution in [1.29, 1.82) is 0 Å². The molecule has 0 spiro atoms. The third-order valence-electron chi connectivity index (χ3n) is 6.66. The first-order valence-electron chi connectivity index (χ1n) is 11.8. The number of aromatic amines is 1. The molecule has 1 aromatic heterocycles. The van der Waals surface area contributed by atoms with Gasteiger partial charge in [0.15, 0.2) is 5.96 Å². The monoisotopic (exact) mass is 553 g/mol. The molecule has 0 bridgehead atoms. The van der Waals surface area contributed by atoms with Gasteiger partial charge in [-0.25, -0.2) is 4.98 Å². The van der Waals surface area contributed by atoms with E-state index in [2.05, 4.69) is 88.7 Å². The average molecular weight is 554 g/mol. The standard InChI is InChI=1S/C24H39N7.HI/c1-5-24(6-2,29-19(4)20-11-9-8-10-12-20)17-26-23(25-7-3)31-15-13-21(14-16-31)22-27-18-28-30-22;/h8-12,18-19,21,29H,5-7,13-17H2,1-4H3,(H,25,26)(H,27,28,30);1H. The predicted octanol–water partition coefficient (Wildman–Crippen LogP) is 4.48. The molecule has 1 aliphatic rings. The number of hydrogen-bond acceptors (Lipinski definition) is 4. The molecule has 1 fully saturated rings. The second-order valence-electron chi connectivity index (χ2n) is 8.57.